The van der Waals surface area contributed by atoms with Crippen LogP contribution < -0.4 is 15.5 Å². The molecule has 2 aromatic rings. The van der Waals surface area contributed by atoms with Gasteiger partial charge in [-0.1, -0.05) is 40.2 Å². The molecule has 0 saturated carbocycles. The van der Waals surface area contributed by atoms with Crippen molar-refractivity contribution in [2.75, 3.05) is 30.4 Å². The summed E-state index contributed by atoms with van der Waals surface area (Å²) < 4.78 is 0.947. The van der Waals surface area contributed by atoms with E-state index in [1.54, 1.807) is 0 Å². The number of urea groups is 1. The monoisotopic (exact) mass is 375 g/mol. The van der Waals surface area contributed by atoms with Crippen LogP contribution in [-0.2, 0) is 0 Å². The van der Waals surface area contributed by atoms with Crippen LogP contribution in [0.2, 0.25) is 0 Å². The number of nitrogens with one attached hydrogen (secondary N) is 2. The minimum Gasteiger partial charge on any atom is -0.375 e. The van der Waals surface area contributed by atoms with Crippen molar-refractivity contribution in [3.8, 4) is 0 Å². The van der Waals surface area contributed by atoms with Gasteiger partial charge in [0.1, 0.15) is 0 Å². The van der Waals surface area contributed by atoms with E-state index in [0.717, 1.165) is 28.7 Å². The third kappa shape index (κ3) is 5.60. The van der Waals surface area contributed by atoms with Gasteiger partial charge in [0.25, 0.3) is 0 Å². The van der Waals surface area contributed by atoms with Crippen LogP contribution in [0.5, 0.6) is 0 Å². The summed E-state index contributed by atoms with van der Waals surface area (Å²) in [6, 6.07) is 15.9. The Morgan fingerprint density at radius 3 is 2.65 bits per heavy atom. The second kappa shape index (κ2) is 8.58. The number of amides is 2. The molecule has 0 atom stereocenters. The molecule has 4 nitrogen and oxygen atoms in total. The summed E-state index contributed by atoms with van der Waals surface area (Å²) >= 11 is 3.41. The molecule has 0 spiro atoms. The van der Waals surface area contributed by atoms with E-state index in [1.165, 1.54) is 5.69 Å². The lowest BCUT2D eigenvalue weighted by Crippen LogP contribution is -2.31. The Hall–Kier alpha value is -2.01. The van der Waals surface area contributed by atoms with Gasteiger partial charge in [0, 0.05) is 36.0 Å². The predicted molar refractivity (Wildman–Crippen MR) is 100 cm³/mol. The topological polar surface area (TPSA) is 44.4 Å². The highest BCUT2D eigenvalue weighted by molar-refractivity contribution is 9.10. The molecule has 0 aliphatic rings. The molecule has 23 heavy (non-hydrogen) atoms. The highest BCUT2D eigenvalue weighted by Gasteiger charge is 2.05. The molecule has 0 radical (unpaired) electrons. The summed E-state index contributed by atoms with van der Waals surface area (Å²) in [4.78, 5) is 14.1. The van der Waals surface area contributed by atoms with Gasteiger partial charge in [-0.2, -0.15) is 0 Å². The number of nitrogens with zero attached hydrogens (tertiary/aromatic N) is 1. The summed E-state index contributed by atoms with van der Waals surface area (Å²) in [6.07, 6.45) is 0.885. The molecule has 0 saturated heterocycles. The number of anilines is 2. The minimum atomic E-state index is -0.173. The zero-order chi connectivity index (χ0) is 16.7. The average Bonchev–Trinajstić information content (AvgIpc) is 2.55. The number of carbonyl (C=O) groups excluding carboxylic acids is 1. The van der Waals surface area contributed by atoms with E-state index in [0.29, 0.717) is 6.54 Å². The van der Waals surface area contributed by atoms with E-state index < -0.39 is 0 Å². The second-order valence-electron chi connectivity index (χ2n) is 5.45. The van der Waals surface area contributed by atoms with E-state index in [4.69, 9.17) is 0 Å². The van der Waals surface area contributed by atoms with Crippen LogP contribution in [0.1, 0.15) is 12.0 Å². The molecular weight excluding hydrogens is 354 g/mol. The van der Waals surface area contributed by atoms with Gasteiger partial charge < -0.3 is 15.5 Å². The highest BCUT2D eigenvalue weighted by Crippen LogP contribution is 2.20. The zero-order valence-electron chi connectivity index (χ0n) is 13.5. The van der Waals surface area contributed by atoms with Gasteiger partial charge in [-0.05, 0) is 43.2 Å². The first-order chi connectivity index (χ1) is 11.1. The van der Waals surface area contributed by atoms with Crippen molar-refractivity contribution in [1.82, 2.24) is 5.32 Å². The van der Waals surface area contributed by atoms with Crippen molar-refractivity contribution in [2.45, 2.75) is 13.3 Å². The van der Waals surface area contributed by atoms with Crippen LogP contribution >= 0.6 is 15.9 Å². The summed E-state index contributed by atoms with van der Waals surface area (Å²) in [5, 5.41) is 5.77. The van der Waals surface area contributed by atoms with Gasteiger partial charge in [-0.3, -0.25) is 0 Å². The van der Waals surface area contributed by atoms with E-state index in [9.17, 15) is 4.79 Å². The molecule has 0 unspecified atom stereocenters. The molecule has 0 aromatic heterocycles. The summed E-state index contributed by atoms with van der Waals surface area (Å²) in [5.41, 5.74) is 3.03. The molecule has 0 aliphatic carbocycles. The first-order valence-electron chi connectivity index (χ1n) is 7.63. The number of halogens is 1. The Kier molecular flexibility index (Phi) is 6.47. The average molecular weight is 376 g/mol. The van der Waals surface area contributed by atoms with Crippen LogP contribution in [0.3, 0.4) is 0 Å². The van der Waals surface area contributed by atoms with Gasteiger partial charge in [0.15, 0.2) is 0 Å². The number of aryl methyl sites for hydroxylation is 1. The molecule has 2 amide bonds. The molecule has 2 rings (SSSR count). The third-order valence-electron chi connectivity index (χ3n) is 3.60. The third-order valence-corrected chi connectivity index (χ3v) is 4.09. The molecule has 0 bridgehead atoms. The summed E-state index contributed by atoms with van der Waals surface area (Å²) in [5.74, 6) is 0. The lowest BCUT2D eigenvalue weighted by Gasteiger charge is -2.19. The number of carbonyl (C=O) groups is 1. The standard InChI is InChI=1S/C18H22BrN3O/c1-14-9-10-15(19)13-17(14)21-18(23)20-11-6-12-22(2)16-7-4-3-5-8-16/h3-5,7-10,13H,6,11-12H2,1-2H3,(H2,20,21,23). The number of hydrogen-bond acceptors (Lipinski definition) is 2. The van der Waals surface area contributed by atoms with Crippen LogP contribution in [0, 0.1) is 6.92 Å². The van der Waals surface area contributed by atoms with Gasteiger partial charge in [0.2, 0.25) is 0 Å². The summed E-state index contributed by atoms with van der Waals surface area (Å²) in [7, 11) is 2.06. The quantitative estimate of drug-likeness (QED) is 0.734. The molecule has 5 heteroatoms. The first-order valence-corrected chi connectivity index (χ1v) is 8.43. The van der Waals surface area contributed by atoms with Crippen LogP contribution in [-0.4, -0.2) is 26.2 Å². The maximum Gasteiger partial charge on any atom is 0.319 e. The Bertz CT molecular complexity index is 646. The highest BCUT2D eigenvalue weighted by atomic mass is 79.9. The van der Waals surface area contributed by atoms with Crippen LogP contribution in [0.4, 0.5) is 16.2 Å². The van der Waals surface area contributed by atoms with Gasteiger partial charge in [0.05, 0.1) is 0 Å². The van der Waals surface area contributed by atoms with Crippen molar-refractivity contribution in [2.24, 2.45) is 0 Å². The summed E-state index contributed by atoms with van der Waals surface area (Å²) in [6.45, 7) is 3.49. The molecular formula is C18H22BrN3O. The molecule has 0 heterocycles. The number of benzene rings is 2. The van der Waals surface area contributed by atoms with Crippen molar-refractivity contribution in [3.05, 3.63) is 58.6 Å². The number of hydrogen-bond donors (Lipinski definition) is 2. The van der Waals surface area contributed by atoms with Crippen molar-refractivity contribution in [3.63, 3.8) is 0 Å². The normalized spacial score (nSPS) is 10.2. The molecule has 0 aliphatic heterocycles. The largest absolute Gasteiger partial charge is 0.375 e. The van der Waals surface area contributed by atoms with Gasteiger partial charge in [-0.15, -0.1) is 0 Å². The molecule has 122 valence electrons. The van der Waals surface area contributed by atoms with Crippen LogP contribution in [0.15, 0.2) is 53.0 Å². The van der Waals surface area contributed by atoms with Gasteiger partial charge in [-0.25, -0.2) is 4.79 Å². The zero-order valence-corrected chi connectivity index (χ0v) is 15.1. The lowest BCUT2D eigenvalue weighted by molar-refractivity contribution is 0.252. The van der Waals surface area contributed by atoms with Crippen molar-refractivity contribution < 1.29 is 4.79 Å². The van der Waals surface area contributed by atoms with Crippen molar-refractivity contribution in [1.29, 1.82) is 0 Å². The lowest BCUT2D eigenvalue weighted by atomic mass is 10.2. The first kappa shape index (κ1) is 17.3. The smallest absolute Gasteiger partial charge is 0.319 e. The Balaban J connectivity index is 1.72. The van der Waals surface area contributed by atoms with E-state index in [-0.39, 0.29) is 6.03 Å². The van der Waals surface area contributed by atoms with Crippen LogP contribution in [0.25, 0.3) is 0 Å². The molecule has 0 fully saturated rings. The Labute approximate surface area is 146 Å². The fourth-order valence-corrected chi connectivity index (χ4v) is 2.59. The van der Waals surface area contributed by atoms with Gasteiger partial charge >= 0.3 is 6.03 Å². The Morgan fingerprint density at radius 1 is 1.17 bits per heavy atom. The van der Waals surface area contributed by atoms with E-state index in [2.05, 4.69) is 50.6 Å². The van der Waals surface area contributed by atoms with E-state index in [1.807, 2.05) is 43.3 Å². The fourth-order valence-electron chi connectivity index (χ4n) is 2.23. The second-order valence-corrected chi connectivity index (χ2v) is 6.37. The predicted octanol–water partition coefficient (Wildman–Crippen LogP) is 4.41. The maximum absolute atomic E-state index is 11.9. The van der Waals surface area contributed by atoms with Crippen molar-refractivity contribution >= 4 is 33.3 Å². The number of para-hydroxylation sites is 1. The molecule has 2 N–H and O–H groups in total. The minimum absolute atomic E-state index is 0.173. The Morgan fingerprint density at radius 2 is 1.91 bits per heavy atom. The number of rotatable bonds is 6. The molecule has 2 aromatic carbocycles. The SMILES string of the molecule is Cc1ccc(Br)cc1NC(=O)NCCCN(C)c1ccccc1. The maximum atomic E-state index is 11.9. The van der Waals surface area contributed by atoms with E-state index >= 15 is 0 Å². The fraction of sp³-hybridized carbons (Fsp3) is 0.278.